The molecule has 0 saturated carbocycles. The number of hydrogen-bond acceptors (Lipinski definition) is 5. The van der Waals surface area contributed by atoms with E-state index in [2.05, 4.69) is 46.4 Å². The summed E-state index contributed by atoms with van der Waals surface area (Å²) < 4.78 is 7.23. The molecule has 6 heteroatoms. The van der Waals surface area contributed by atoms with E-state index in [9.17, 15) is 0 Å². The number of hydrogen-bond donors (Lipinski definition) is 0. The van der Waals surface area contributed by atoms with Gasteiger partial charge in [-0.2, -0.15) is 10.2 Å². The number of fused-ring (bicyclic) bond motifs is 2. The molecule has 0 atom stereocenters. The highest BCUT2D eigenvalue weighted by atomic mass is 16.5. The van der Waals surface area contributed by atoms with Gasteiger partial charge in [0.15, 0.2) is 11.3 Å². The first kappa shape index (κ1) is 21.7. The average molecular weight is 470 g/mol. The second kappa shape index (κ2) is 9.07. The van der Waals surface area contributed by atoms with Crippen LogP contribution in [0.15, 0.2) is 113 Å². The van der Waals surface area contributed by atoms with Crippen molar-refractivity contribution in [2.45, 2.75) is 6.92 Å². The summed E-state index contributed by atoms with van der Waals surface area (Å²) in [6.45, 7) is 2.05. The molecule has 2 heterocycles. The fraction of sp³-hybridized carbons (Fsp3) is 0.0667. The van der Waals surface area contributed by atoms with Crippen molar-refractivity contribution < 1.29 is 4.74 Å². The van der Waals surface area contributed by atoms with Gasteiger partial charge in [-0.3, -0.25) is 0 Å². The van der Waals surface area contributed by atoms with Crippen molar-refractivity contribution >= 4 is 27.8 Å². The van der Waals surface area contributed by atoms with Gasteiger partial charge in [-0.05, 0) is 54.1 Å². The van der Waals surface area contributed by atoms with Crippen LogP contribution in [-0.4, -0.2) is 21.7 Å². The fourth-order valence-electron chi connectivity index (χ4n) is 4.26. The lowest BCUT2D eigenvalue weighted by atomic mass is 10.0. The van der Waals surface area contributed by atoms with Gasteiger partial charge in [0, 0.05) is 17.3 Å². The molecule has 0 bridgehead atoms. The standard InChI is InChI=1S/C30H23N5O/c1-20-8-13-25(14-9-20)32-33-29-28(21-6-4-3-5-7-21)34-35-27(16-17-31-30(29)35)24-11-10-23-19-26(36-2)15-12-22(23)18-24/h3-19H,1-2H3. The molecule has 174 valence electrons. The predicted octanol–water partition coefficient (Wildman–Crippen LogP) is 7.95. The fourth-order valence-corrected chi connectivity index (χ4v) is 4.26. The Bertz CT molecular complexity index is 1720. The van der Waals surface area contributed by atoms with Crippen LogP contribution < -0.4 is 4.74 Å². The summed E-state index contributed by atoms with van der Waals surface area (Å²) in [4.78, 5) is 4.66. The second-order valence-electron chi connectivity index (χ2n) is 8.59. The summed E-state index contributed by atoms with van der Waals surface area (Å²) in [6, 6.07) is 32.4. The van der Waals surface area contributed by atoms with Crippen LogP contribution in [0.1, 0.15) is 5.56 Å². The maximum Gasteiger partial charge on any atom is 0.184 e. The maximum atomic E-state index is 5.37. The molecule has 6 rings (SSSR count). The zero-order chi connectivity index (χ0) is 24.5. The highest BCUT2D eigenvalue weighted by Gasteiger charge is 2.18. The summed E-state index contributed by atoms with van der Waals surface area (Å²) >= 11 is 0. The van der Waals surface area contributed by atoms with Crippen molar-refractivity contribution in [2.75, 3.05) is 7.11 Å². The van der Waals surface area contributed by atoms with Crippen LogP contribution in [0, 0.1) is 6.92 Å². The number of methoxy groups -OCH3 is 1. The zero-order valence-electron chi connectivity index (χ0n) is 20.0. The van der Waals surface area contributed by atoms with Crippen LogP contribution in [0.2, 0.25) is 0 Å². The van der Waals surface area contributed by atoms with E-state index in [4.69, 9.17) is 9.84 Å². The Kier molecular flexibility index (Phi) is 5.46. The molecule has 0 N–H and O–H groups in total. The van der Waals surface area contributed by atoms with E-state index in [1.165, 1.54) is 5.56 Å². The normalized spacial score (nSPS) is 11.5. The molecule has 0 saturated heterocycles. The minimum atomic E-state index is 0.633. The molecule has 36 heavy (non-hydrogen) atoms. The molecular weight excluding hydrogens is 446 g/mol. The van der Waals surface area contributed by atoms with Crippen molar-refractivity contribution in [1.29, 1.82) is 0 Å². The van der Waals surface area contributed by atoms with Gasteiger partial charge < -0.3 is 4.74 Å². The lowest BCUT2D eigenvalue weighted by Crippen LogP contribution is -1.95. The SMILES string of the molecule is COc1ccc2cc(-c3ccnc4c(N=Nc5ccc(C)cc5)c(-c5ccccc5)nn34)ccc2c1. The first-order valence-corrected chi connectivity index (χ1v) is 11.7. The number of azo groups is 1. The van der Waals surface area contributed by atoms with Gasteiger partial charge in [-0.1, -0.05) is 66.2 Å². The molecule has 4 aromatic carbocycles. The van der Waals surface area contributed by atoms with E-state index >= 15 is 0 Å². The highest BCUT2D eigenvalue weighted by Crippen LogP contribution is 2.36. The highest BCUT2D eigenvalue weighted by molar-refractivity contribution is 5.89. The van der Waals surface area contributed by atoms with E-state index < -0.39 is 0 Å². The molecule has 0 amide bonds. The van der Waals surface area contributed by atoms with Gasteiger partial charge in [0.1, 0.15) is 11.4 Å². The molecule has 6 nitrogen and oxygen atoms in total. The number of aryl methyl sites for hydroxylation is 1. The van der Waals surface area contributed by atoms with E-state index in [0.29, 0.717) is 11.3 Å². The molecule has 0 radical (unpaired) electrons. The summed E-state index contributed by atoms with van der Waals surface area (Å²) in [5, 5.41) is 16.3. The Morgan fingerprint density at radius 2 is 1.53 bits per heavy atom. The molecule has 6 aromatic rings. The lowest BCUT2D eigenvalue weighted by Gasteiger charge is -2.07. The van der Waals surface area contributed by atoms with Crippen LogP contribution in [0.5, 0.6) is 5.75 Å². The Balaban J connectivity index is 1.53. The largest absolute Gasteiger partial charge is 0.497 e. The predicted molar refractivity (Wildman–Crippen MR) is 143 cm³/mol. The monoisotopic (exact) mass is 469 g/mol. The van der Waals surface area contributed by atoms with Crippen LogP contribution in [0.25, 0.3) is 38.9 Å². The van der Waals surface area contributed by atoms with Gasteiger partial charge in [-0.15, -0.1) is 5.11 Å². The quantitative estimate of drug-likeness (QED) is 0.241. The Morgan fingerprint density at radius 1 is 0.750 bits per heavy atom. The van der Waals surface area contributed by atoms with Gasteiger partial charge in [0.2, 0.25) is 0 Å². The lowest BCUT2D eigenvalue weighted by molar-refractivity contribution is 0.415. The van der Waals surface area contributed by atoms with Crippen molar-refractivity contribution in [3.05, 3.63) is 109 Å². The number of ether oxygens (including phenoxy) is 1. The van der Waals surface area contributed by atoms with Crippen molar-refractivity contribution in [1.82, 2.24) is 14.6 Å². The van der Waals surface area contributed by atoms with Crippen LogP contribution in [0.3, 0.4) is 0 Å². The van der Waals surface area contributed by atoms with E-state index in [0.717, 1.165) is 44.7 Å². The number of aromatic nitrogens is 3. The van der Waals surface area contributed by atoms with Crippen LogP contribution in [-0.2, 0) is 0 Å². The minimum Gasteiger partial charge on any atom is -0.497 e. The molecular formula is C30H23N5O. The summed E-state index contributed by atoms with van der Waals surface area (Å²) in [7, 11) is 1.68. The van der Waals surface area contributed by atoms with E-state index in [1.54, 1.807) is 13.3 Å². The van der Waals surface area contributed by atoms with Crippen molar-refractivity contribution in [3.8, 4) is 28.3 Å². The third-order valence-electron chi connectivity index (χ3n) is 6.18. The summed E-state index contributed by atoms with van der Waals surface area (Å²) in [5.41, 5.74) is 6.88. The Hall–Kier alpha value is -4.84. The van der Waals surface area contributed by atoms with Gasteiger partial charge in [0.05, 0.1) is 18.5 Å². The topological polar surface area (TPSA) is 64.1 Å². The summed E-state index contributed by atoms with van der Waals surface area (Å²) in [5.74, 6) is 0.838. The average Bonchev–Trinajstić information content (AvgIpc) is 3.31. The van der Waals surface area contributed by atoms with Crippen LogP contribution in [0.4, 0.5) is 11.4 Å². The van der Waals surface area contributed by atoms with Crippen molar-refractivity contribution in [3.63, 3.8) is 0 Å². The zero-order valence-corrected chi connectivity index (χ0v) is 20.0. The Morgan fingerprint density at radius 3 is 2.33 bits per heavy atom. The Labute approximate surface area is 208 Å². The first-order chi connectivity index (χ1) is 17.7. The first-order valence-electron chi connectivity index (χ1n) is 11.7. The molecule has 0 fully saturated rings. The second-order valence-corrected chi connectivity index (χ2v) is 8.59. The van der Waals surface area contributed by atoms with E-state index in [1.807, 2.05) is 77.3 Å². The minimum absolute atomic E-state index is 0.633. The number of rotatable bonds is 5. The third kappa shape index (κ3) is 3.99. The summed E-state index contributed by atoms with van der Waals surface area (Å²) in [6.07, 6.45) is 1.80. The number of nitrogens with zero attached hydrogens (tertiary/aromatic N) is 5. The molecule has 0 aliphatic heterocycles. The van der Waals surface area contributed by atoms with E-state index in [-0.39, 0.29) is 0 Å². The number of benzene rings is 4. The molecule has 2 aromatic heterocycles. The molecule has 0 aliphatic carbocycles. The van der Waals surface area contributed by atoms with Crippen molar-refractivity contribution in [2.24, 2.45) is 10.2 Å². The molecule has 0 unspecified atom stereocenters. The van der Waals surface area contributed by atoms with Gasteiger partial charge in [0.25, 0.3) is 0 Å². The smallest absolute Gasteiger partial charge is 0.184 e. The van der Waals surface area contributed by atoms with Gasteiger partial charge >= 0.3 is 0 Å². The third-order valence-corrected chi connectivity index (χ3v) is 6.18. The molecule has 0 spiro atoms. The van der Waals surface area contributed by atoms with Crippen LogP contribution >= 0.6 is 0 Å². The molecule has 0 aliphatic rings. The maximum absolute atomic E-state index is 5.37. The van der Waals surface area contributed by atoms with Gasteiger partial charge in [-0.25, -0.2) is 9.50 Å².